The van der Waals surface area contributed by atoms with E-state index in [0.717, 1.165) is 6.42 Å². The topological polar surface area (TPSA) is 64.4 Å². The molecule has 0 fully saturated rings. The summed E-state index contributed by atoms with van der Waals surface area (Å²) >= 11 is 0. The lowest BCUT2D eigenvalue weighted by molar-refractivity contribution is -0.384. The molecule has 2 rings (SSSR count). The zero-order valence-electron chi connectivity index (χ0n) is 11.5. The molecule has 110 valence electrons. The van der Waals surface area contributed by atoms with Gasteiger partial charge in [-0.2, -0.15) is 0 Å². The number of ether oxygens (including phenoxy) is 1. The van der Waals surface area contributed by atoms with E-state index in [9.17, 15) is 14.5 Å². The summed E-state index contributed by atoms with van der Waals surface area (Å²) in [7, 11) is 0. The van der Waals surface area contributed by atoms with Crippen LogP contribution < -0.4 is 10.1 Å². The molecule has 0 radical (unpaired) electrons. The van der Waals surface area contributed by atoms with Crippen molar-refractivity contribution in [3.63, 3.8) is 0 Å². The molecular weight excluding hydrogens is 275 g/mol. The number of benzene rings is 2. The van der Waals surface area contributed by atoms with Gasteiger partial charge in [0.2, 0.25) is 5.75 Å². The van der Waals surface area contributed by atoms with Gasteiger partial charge in [0.25, 0.3) is 0 Å². The fraction of sp³-hybridized carbons (Fsp3) is 0.200. The van der Waals surface area contributed by atoms with E-state index in [1.807, 2.05) is 6.92 Å². The fourth-order valence-corrected chi connectivity index (χ4v) is 1.85. The summed E-state index contributed by atoms with van der Waals surface area (Å²) in [6, 6.07) is 10.2. The normalized spacial score (nSPS) is 10.2. The maximum atomic E-state index is 13.1. The number of hydrogen-bond donors (Lipinski definition) is 1. The van der Waals surface area contributed by atoms with Gasteiger partial charge in [0.05, 0.1) is 4.92 Å². The number of hydrogen-bond acceptors (Lipinski definition) is 4. The first kappa shape index (κ1) is 14.8. The van der Waals surface area contributed by atoms with E-state index in [1.165, 1.54) is 24.3 Å². The van der Waals surface area contributed by atoms with Crippen LogP contribution in [0.3, 0.4) is 0 Å². The van der Waals surface area contributed by atoms with E-state index in [4.69, 9.17) is 4.74 Å². The Hall–Kier alpha value is -2.63. The highest BCUT2D eigenvalue weighted by Crippen LogP contribution is 2.37. The second-order valence-electron chi connectivity index (χ2n) is 4.40. The van der Waals surface area contributed by atoms with E-state index in [-0.39, 0.29) is 17.2 Å². The van der Waals surface area contributed by atoms with Crippen LogP contribution >= 0.6 is 0 Å². The average Bonchev–Trinajstić information content (AvgIpc) is 2.45. The van der Waals surface area contributed by atoms with Gasteiger partial charge < -0.3 is 10.1 Å². The van der Waals surface area contributed by atoms with Gasteiger partial charge in [-0.1, -0.05) is 19.1 Å². The number of nitrogens with zero attached hydrogens (tertiary/aromatic N) is 1. The summed E-state index contributed by atoms with van der Waals surface area (Å²) in [6.45, 7) is 2.58. The van der Waals surface area contributed by atoms with Gasteiger partial charge in [0, 0.05) is 12.6 Å². The Balaban J connectivity index is 2.36. The van der Waals surface area contributed by atoms with Crippen LogP contribution in [0.25, 0.3) is 0 Å². The van der Waals surface area contributed by atoms with Crippen molar-refractivity contribution < 1.29 is 14.1 Å². The molecule has 0 amide bonds. The highest BCUT2D eigenvalue weighted by Gasteiger charge is 2.21. The third-order valence-corrected chi connectivity index (χ3v) is 2.77. The van der Waals surface area contributed by atoms with Crippen molar-refractivity contribution >= 4 is 11.4 Å². The van der Waals surface area contributed by atoms with E-state index in [1.54, 1.807) is 18.2 Å². The number of para-hydroxylation sites is 1. The van der Waals surface area contributed by atoms with Crippen molar-refractivity contribution in [1.82, 2.24) is 0 Å². The lowest BCUT2D eigenvalue weighted by Gasteiger charge is -2.10. The highest BCUT2D eigenvalue weighted by atomic mass is 19.1. The fourth-order valence-electron chi connectivity index (χ4n) is 1.85. The summed E-state index contributed by atoms with van der Waals surface area (Å²) in [4.78, 5) is 10.8. The van der Waals surface area contributed by atoms with Crippen LogP contribution in [0.4, 0.5) is 15.8 Å². The summed E-state index contributed by atoms with van der Waals surface area (Å²) in [5.41, 5.74) is 0.228. The number of nitrogens with one attached hydrogen (secondary N) is 1. The zero-order valence-corrected chi connectivity index (χ0v) is 11.5. The molecule has 1 N–H and O–H groups in total. The number of rotatable bonds is 6. The zero-order chi connectivity index (χ0) is 15.2. The molecule has 6 heteroatoms. The Morgan fingerprint density at radius 1 is 1.29 bits per heavy atom. The SMILES string of the molecule is CCCNc1cccc(Oc2cccc(F)c2)c1[N+](=O)[O-]. The van der Waals surface area contributed by atoms with Crippen LogP contribution in [-0.2, 0) is 0 Å². The quantitative estimate of drug-likeness (QED) is 0.634. The van der Waals surface area contributed by atoms with Crippen molar-refractivity contribution in [2.45, 2.75) is 13.3 Å². The third-order valence-electron chi connectivity index (χ3n) is 2.77. The predicted molar refractivity (Wildman–Crippen MR) is 78.4 cm³/mol. The number of anilines is 1. The largest absolute Gasteiger partial charge is 0.450 e. The molecular formula is C15H15FN2O3. The molecule has 0 saturated carbocycles. The molecule has 0 heterocycles. The van der Waals surface area contributed by atoms with Crippen LogP contribution in [0, 0.1) is 15.9 Å². The van der Waals surface area contributed by atoms with Gasteiger partial charge in [-0.25, -0.2) is 4.39 Å². The van der Waals surface area contributed by atoms with Gasteiger partial charge in [-0.15, -0.1) is 0 Å². The minimum atomic E-state index is -0.507. The van der Waals surface area contributed by atoms with E-state index < -0.39 is 10.7 Å². The summed E-state index contributed by atoms with van der Waals surface area (Å²) in [5, 5.41) is 14.3. The van der Waals surface area contributed by atoms with Crippen LogP contribution in [0.5, 0.6) is 11.5 Å². The Labute approximate surface area is 121 Å². The van der Waals surface area contributed by atoms with E-state index in [0.29, 0.717) is 12.2 Å². The molecule has 0 atom stereocenters. The standard InChI is InChI=1S/C15H15FN2O3/c1-2-9-17-13-7-4-8-14(15(13)18(19)20)21-12-6-3-5-11(16)10-12/h3-8,10,17H,2,9H2,1H3. The Bertz CT molecular complexity index is 647. The average molecular weight is 290 g/mol. The third kappa shape index (κ3) is 3.68. The molecule has 0 bridgehead atoms. The predicted octanol–water partition coefficient (Wildman–Crippen LogP) is 4.35. The Kier molecular flexibility index (Phi) is 4.71. The van der Waals surface area contributed by atoms with Crippen LogP contribution in [-0.4, -0.2) is 11.5 Å². The summed E-state index contributed by atoms with van der Waals surface area (Å²) < 4.78 is 18.6. The lowest BCUT2D eigenvalue weighted by atomic mass is 10.2. The first-order chi connectivity index (χ1) is 10.1. The first-order valence-electron chi connectivity index (χ1n) is 6.56. The van der Waals surface area contributed by atoms with Crippen LogP contribution in [0.2, 0.25) is 0 Å². The molecule has 0 unspecified atom stereocenters. The number of halogens is 1. The van der Waals surface area contributed by atoms with Crippen molar-refractivity contribution in [3.8, 4) is 11.5 Å². The highest BCUT2D eigenvalue weighted by molar-refractivity contribution is 5.69. The summed E-state index contributed by atoms with van der Waals surface area (Å²) in [5.74, 6) is -0.173. The van der Waals surface area contributed by atoms with E-state index >= 15 is 0 Å². The molecule has 0 aromatic heterocycles. The monoisotopic (exact) mass is 290 g/mol. The first-order valence-corrected chi connectivity index (χ1v) is 6.56. The van der Waals surface area contributed by atoms with Crippen LogP contribution in [0.1, 0.15) is 13.3 Å². The minimum Gasteiger partial charge on any atom is -0.450 e. The molecule has 21 heavy (non-hydrogen) atoms. The Morgan fingerprint density at radius 2 is 2.05 bits per heavy atom. The van der Waals surface area contributed by atoms with Gasteiger partial charge >= 0.3 is 5.69 Å². The molecule has 5 nitrogen and oxygen atoms in total. The molecule has 2 aromatic carbocycles. The second-order valence-corrected chi connectivity index (χ2v) is 4.40. The van der Waals surface area contributed by atoms with Gasteiger partial charge in [0.15, 0.2) is 0 Å². The lowest BCUT2D eigenvalue weighted by Crippen LogP contribution is -2.04. The van der Waals surface area contributed by atoms with Gasteiger partial charge in [-0.3, -0.25) is 10.1 Å². The molecule has 0 saturated heterocycles. The molecule has 0 aliphatic carbocycles. The second kappa shape index (κ2) is 6.69. The number of nitro benzene ring substituents is 1. The van der Waals surface area contributed by atoms with E-state index in [2.05, 4.69) is 5.32 Å². The maximum Gasteiger partial charge on any atom is 0.334 e. The molecule has 0 aliphatic heterocycles. The van der Waals surface area contributed by atoms with Crippen molar-refractivity contribution in [3.05, 3.63) is 58.4 Å². The molecule has 0 spiro atoms. The van der Waals surface area contributed by atoms with Gasteiger partial charge in [-0.05, 0) is 30.7 Å². The summed E-state index contributed by atoms with van der Waals surface area (Å²) in [6.07, 6.45) is 0.839. The van der Waals surface area contributed by atoms with Crippen molar-refractivity contribution in [2.75, 3.05) is 11.9 Å². The maximum absolute atomic E-state index is 13.1. The van der Waals surface area contributed by atoms with Crippen LogP contribution in [0.15, 0.2) is 42.5 Å². The Morgan fingerprint density at radius 3 is 2.71 bits per heavy atom. The smallest absolute Gasteiger partial charge is 0.334 e. The van der Waals surface area contributed by atoms with Gasteiger partial charge in [0.1, 0.15) is 17.3 Å². The number of nitro groups is 1. The van der Waals surface area contributed by atoms with Crippen molar-refractivity contribution in [2.24, 2.45) is 0 Å². The van der Waals surface area contributed by atoms with Crippen molar-refractivity contribution in [1.29, 1.82) is 0 Å². The molecule has 2 aromatic rings. The molecule has 0 aliphatic rings. The minimum absolute atomic E-state index is 0.0757.